The number of aldehydes is 1. The number of rotatable bonds is 3. The van der Waals surface area contributed by atoms with Gasteiger partial charge in [-0.05, 0) is 6.92 Å². The van der Waals surface area contributed by atoms with E-state index in [1.54, 1.807) is 0 Å². The zero-order chi connectivity index (χ0) is 8.27. The Hall–Kier alpha value is -1.32. The average Bonchev–Trinajstić information content (AvgIpc) is 2.32. The third kappa shape index (κ3) is 1.58. The minimum absolute atomic E-state index is 0.0793. The fraction of sp³-hybridized carbons (Fsp3) is 0.429. The van der Waals surface area contributed by atoms with Crippen molar-refractivity contribution >= 4 is 6.29 Å². The summed E-state index contributed by atoms with van der Waals surface area (Å²) in [6, 6.07) is 1.44. The number of aromatic nitrogens is 2. The lowest BCUT2D eigenvalue weighted by Crippen LogP contribution is -2.13. The van der Waals surface area contributed by atoms with Crippen molar-refractivity contribution in [2.45, 2.75) is 19.9 Å². The lowest BCUT2D eigenvalue weighted by atomic mass is 10.3. The molecule has 0 atom stereocenters. The van der Waals surface area contributed by atoms with Gasteiger partial charge in [0.25, 0.3) is 5.56 Å². The fourth-order valence-electron chi connectivity index (χ4n) is 0.917. The number of carbonyl (C=O) groups excluding carboxylic acids is 1. The van der Waals surface area contributed by atoms with Crippen molar-refractivity contribution in [3.63, 3.8) is 0 Å². The molecule has 0 aliphatic carbocycles. The van der Waals surface area contributed by atoms with Crippen molar-refractivity contribution in [2.24, 2.45) is 0 Å². The summed E-state index contributed by atoms with van der Waals surface area (Å²) in [6.45, 7) is 2.47. The summed E-state index contributed by atoms with van der Waals surface area (Å²) in [5.41, 5.74) is 0.594. The molecule has 0 aromatic carbocycles. The molecule has 11 heavy (non-hydrogen) atoms. The number of carbonyl (C=O) groups is 1. The maximum absolute atomic E-state index is 11.0. The summed E-state index contributed by atoms with van der Waals surface area (Å²) in [6.07, 6.45) is 1.05. The minimum Gasteiger partial charge on any atom is -0.303 e. The summed E-state index contributed by atoms with van der Waals surface area (Å²) in [5, 5.41) is 2.80. The van der Waals surface area contributed by atoms with Crippen molar-refractivity contribution in [3.8, 4) is 0 Å². The third-order valence-electron chi connectivity index (χ3n) is 1.46. The molecule has 0 bridgehead atoms. The number of hydrogen-bond acceptors (Lipinski definition) is 2. The second-order valence-corrected chi connectivity index (χ2v) is 2.23. The summed E-state index contributed by atoms with van der Waals surface area (Å²) in [7, 11) is 0. The van der Waals surface area contributed by atoms with Crippen LogP contribution >= 0.6 is 0 Å². The molecule has 1 aromatic rings. The van der Waals surface area contributed by atoms with Gasteiger partial charge in [0.05, 0.1) is 0 Å². The smallest absolute Gasteiger partial charge is 0.266 e. The second-order valence-electron chi connectivity index (χ2n) is 2.23. The Labute approximate surface area is 63.8 Å². The van der Waals surface area contributed by atoms with Crippen molar-refractivity contribution in [2.75, 3.05) is 0 Å². The molecule has 1 N–H and O–H groups in total. The number of nitrogens with zero attached hydrogens (tertiary/aromatic N) is 1. The van der Waals surface area contributed by atoms with Gasteiger partial charge in [0.1, 0.15) is 6.29 Å². The van der Waals surface area contributed by atoms with Gasteiger partial charge >= 0.3 is 0 Å². The van der Waals surface area contributed by atoms with Crippen LogP contribution in [0.2, 0.25) is 0 Å². The third-order valence-corrected chi connectivity index (χ3v) is 1.46. The number of hydrogen-bond donors (Lipinski definition) is 1. The topological polar surface area (TPSA) is 54.9 Å². The van der Waals surface area contributed by atoms with Gasteiger partial charge in [-0.2, -0.15) is 0 Å². The van der Waals surface area contributed by atoms with E-state index in [4.69, 9.17) is 0 Å². The molecule has 4 nitrogen and oxygen atoms in total. The van der Waals surface area contributed by atoms with Crippen LogP contribution in [0.25, 0.3) is 0 Å². The molecule has 1 rings (SSSR count). The van der Waals surface area contributed by atoms with Crippen LogP contribution in [0.5, 0.6) is 0 Å². The van der Waals surface area contributed by atoms with E-state index < -0.39 is 0 Å². The number of nitrogens with one attached hydrogen (secondary N) is 1. The normalized spacial score (nSPS) is 9.91. The molecule has 0 radical (unpaired) electrons. The predicted molar refractivity (Wildman–Crippen MR) is 40.5 cm³/mol. The van der Waals surface area contributed by atoms with Crippen LogP contribution in [-0.4, -0.2) is 16.1 Å². The Balaban J connectivity index is 2.95. The standard InChI is InChI=1S/C7H10N2O2/c1-2-9-7(11)5-6(8-9)3-4-10/h4-5,8H,2-3H2,1H3. The quantitative estimate of drug-likeness (QED) is 0.620. The van der Waals surface area contributed by atoms with Gasteiger partial charge in [-0.1, -0.05) is 0 Å². The van der Waals surface area contributed by atoms with Crippen LogP contribution in [-0.2, 0) is 17.8 Å². The highest BCUT2D eigenvalue weighted by Gasteiger charge is 1.98. The first-order valence-electron chi connectivity index (χ1n) is 3.50. The molecule has 0 amide bonds. The SMILES string of the molecule is CCn1[nH]c(CC=O)cc1=O. The molecule has 0 spiro atoms. The molecule has 0 aliphatic heterocycles. The highest BCUT2D eigenvalue weighted by molar-refractivity contribution is 5.53. The molecule has 60 valence electrons. The van der Waals surface area contributed by atoms with E-state index in [9.17, 15) is 9.59 Å². The molecule has 4 heteroatoms. The van der Waals surface area contributed by atoms with Gasteiger partial charge < -0.3 is 4.79 Å². The predicted octanol–water partition coefficient (Wildman–Crippen LogP) is -0.0623. The highest BCUT2D eigenvalue weighted by atomic mass is 16.1. The molecule has 0 saturated heterocycles. The lowest BCUT2D eigenvalue weighted by Gasteiger charge is -1.92. The zero-order valence-electron chi connectivity index (χ0n) is 6.33. The molecular weight excluding hydrogens is 144 g/mol. The molecule has 1 aromatic heterocycles. The van der Waals surface area contributed by atoms with Crippen LogP contribution in [0.4, 0.5) is 0 Å². The van der Waals surface area contributed by atoms with Crippen LogP contribution in [0.3, 0.4) is 0 Å². The Bertz CT molecular complexity index is 298. The molecular formula is C7H10N2O2. The van der Waals surface area contributed by atoms with Gasteiger partial charge in [0.2, 0.25) is 0 Å². The largest absolute Gasteiger partial charge is 0.303 e. The first-order valence-corrected chi connectivity index (χ1v) is 3.50. The summed E-state index contributed by atoms with van der Waals surface area (Å²) < 4.78 is 1.46. The van der Waals surface area contributed by atoms with E-state index in [1.165, 1.54) is 10.7 Å². The molecule has 0 unspecified atom stereocenters. The van der Waals surface area contributed by atoms with Gasteiger partial charge in [0, 0.05) is 24.7 Å². The van der Waals surface area contributed by atoms with E-state index in [0.29, 0.717) is 12.2 Å². The minimum atomic E-state index is -0.0793. The van der Waals surface area contributed by atoms with E-state index in [1.807, 2.05) is 6.92 Å². The van der Waals surface area contributed by atoms with Crippen LogP contribution < -0.4 is 5.56 Å². The van der Waals surface area contributed by atoms with Crippen molar-refractivity contribution in [1.29, 1.82) is 0 Å². The van der Waals surface area contributed by atoms with Gasteiger partial charge in [0.15, 0.2) is 0 Å². The first-order chi connectivity index (χ1) is 5.27. The first kappa shape index (κ1) is 7.78. The van der Waals surface area contributed by atoms with Crippen LogP contribution in [0.1, 0.15) is 12.6 Å². The monoisotopic (exact) mass is 154 g/mol. The number of aryl methyl sites for hydroxylation is 1. The molecule has 0 saturated carbocycles. The van der Waals surface area contributed by atoms with Gasteiger partial charge in [-0.3, -0.25) is 14.6 Å². The number of aromatic amines is 1. The van der Waals surface area contributed by atoms with E-state index >= 15 is 0 Å². The Kier molecular flexibility index (Phi) is 2.25. The summed E-state index contributed by atoms with van der Waals surface area (Å²) >= 11 is 0. The Morgan fingerprint density at radius 2 is 2.45 bits per heavy atom. The maximum Gasteiger partial charge on any atom is 0.266 e. The maximum atomic E-state index is 11.0. The van der Waals surface area contributed by atoms with Crippen molar-refractivity contribution in [1.82, 2.24) is 9.78 Å². The van der Waals surface area contributed by atoms with Crippen molar-refractivity contribution in [3.05, 3.63) is 22.1 Å². The van der Waals surface area contributed by atoms with Crippen LogP contribution in [0, 0.1) is 0 Å². The average molecular weight is 154 g/mol. The zero-order valence-corrected chi connectivity index (χ0v) is 6.33. The van der Waals surface area contributed by atoms with Crippen LogP contribution in [0.15, 0.2) is 10.9 Å². The van der Waals surface area contributed by atoms with Gasteiger partial charge in [-0.25, -0.2) is 0 Å². The van der Waals surface area contributed by atoms with E-state index in [-0.39, 0.29) is 12.0 Å². The second kappa shape index (κ2) is 3.18. The molecule has 1 heterocycles. The highest BCUT2D eigenvalue weighted by Crippen LogP contribution is 1.88. The molecule has 0 aliphatic rings. The number of H-pyrrole nitrogens is 1. The van der Waals surface area contributed by atoms with E-state index in [0.717, 1.165) is 6.29 Å². The molecule has 0 fully saturated rings. The lowest BCUT2D eigenvalue weighted by molar-refractivity contribution is -0.107. The summed E-state index contributed by atoms with van der Waals surface area (Å²) in [4.78, 5) is 21.0. The van der Waals surface area contributed by atoms with Gasteiger partial charge in [-0.15, -0.1) is 0 Å². The van der Waals surface area contributed by atoms with E-state index in [2.05, 4.69) is 5.10 Å². The summed E-state index contributed by atoms with van der Waals surface area (Å²) in [5.74, 6) is 0. The fourth-order valence-corrected chi connectivity index (χ4v) is 0.917. The Morgan fingerprint density at radius 1 is 1.73 bits per heavy atom. The van der Waals surface area contributed by atoms with Crippen molar-refractivity contribution < 1.29 is 4.79 Å². The Morgan fingerprint density at radius 3 is 2.91 bits per heavy atom.